The average molecular weight is 191 g/mol. The van der Waals surface area contributed by atoms with Gasteiger partial charge in [0.25, 0.3) is 0 Å². The van der Waals surface area contributed by atoms with Crippen LogP contribution in [0.3, 0.4) is 0 Å². The van der Waals surface area contributed by atoms with Crippen molar-refractivity contribution in [2.24, 2.45) is 0 Å². The number of carboxylic acid groups (broad SMARTS) is 1. The molecule has 0 aromatic rings. The van der Waals surface area contributed by atoms with Gasteiger partial charge in [0.05, 0.1) is 25.7 Å². The fourth-order valence-electron chi connectivity index (χ4n) is 0.669. The Hall–Kier alpha value is -1.14. The summed E-state index contributed by atoms with van der Waals surface area (Å²) in [7, 11) is 0. The lowest BCUT2D eigenvalue weighted by Gasteiger charge is -2.12. The maximum Gasteiger partial charge on any atom is 0.303 e. The van der Waals surface area contributed by atoms with Gasteiger partial charge in [-0.2, -0.15) is 0 Å². The molecule has 0 radical (unpaired) electrons. The summed E-state index contributed by atoms with van der Waals surface area (Å²) >= 11 is 0. The molecule has 0 aromatic heterocycles. The molecule has 6 heteroatoms. The number of nitrogens with one attached hydrogen (secondary N) is 1. The second-order valence-electron chi connectivity index (χ2n) is 2.52. The lowest BCUT2D eigenvalue weighted by molar-refractivity contribution is -0.139. The molecule has 0 spiro atoms. The zero-order valence-corrected chi connectivity index (χ0v) is 7.06. The van der Waals surface area contributed by atoms with E-state index in [0.717, 1.165) is 0 Å². The Balaban J connectivity index is 3.66. The molecule has 0 fully saturated rings. The van der Waals surface area contributed by atoms with E-state index in [4.69, 9.17) is 15.3 Å². The second kappa shape index (κ2) is 6.38. The van der Waals surface area contributed by atoms with Gasteiger partial charge in [-0.15, -0.1) is 0 Å². The monoisotopic (exact) mass is 191 g/mol. The van der Waals surface area contributed by atoms with Gasteiger partial charge in [-0.3, -0.25) is 9.59 Å². The largest absolute Gasteiger partial charge is 0.481 e. The SMILES string of the molecule is O=C(O)CCC(=O)NC(CO)CO. The third kappa shape index (κ3) is 6.06. The Morgan fingerprint density at radius 2 is 1.69 bits per heavy atom. The van der Waals surface area contributed by atoms with Crippen molar-refractivity contribution in [3.8, 4) is 0 Å². The summed E-state index contributed by atoms with van der Waals surface area (Å²) < 4.78 is 0. The molecule has 1 amide bonds. The summed E-state index contributed by atoms with van der Waals surface area (Å²) in [5.41, 5.74) is 0. The first kappa shape index (κ1) is 11.9. The molecule has 0 bridgehead atoms. The molecule has 0 saturated carbocycles. The molecular weight excluding hydrogens is 178 g/mol. The molecule has 76 valence electrons. The molecule has 0 unspecified atom stereocenters. The molecule has 0 aromatic carbocycles. The van der Waals surface area contributed by atoms with Crippen LogP contribution in [-0.4, -0.2) is 46.5 Å². The minimum absolute atomic E-state index is 0.147. The number of aliphatic carboxylic acids is 1. The van der Waals surface area contributed by atoms with E-state index in [1.807, 2.05) is 0 Å². The topological polar surface area (TPSA) is 107 Å². The Morgan fingerprint density at radius 3 is 2.08 bits per heavy atom. The number of hydrogen-bond acceptors (Lipinski definition) is 4. The van der Waals surface area contributed by atoms with Crippen molar-refractivity contribution in [3.63, 3.8) is 0 Å². The smallest absolute Gasteiger partial charge is 0.303 e. The number of carbonyl (C=O) groups excluding carboxylic acids is 1. The first-order valence-corrected chi connectivity index (χ1v) is 3.83. The van der Waals surface area contributed by atoms with Gasteiger partial charge in [-0.25, -0.2) is 0 Å². The highest BCUT2D eigenvalue weighted by Gasteiger charge is 2.10. The van der Waals surface area contributed by atoms with Gasteiger partial charge in [0.1, 0.15) is 0 Å². The van der Waals surface area contributed by atoms with Gasteiger partial charge in [-0.1, -0.05) is 0 Å². The first-order chi connectivity index (χ1) is 6.10. The maximum absolute atomic E-state index is 10.9. The summed E-state index contributed by atoms with van der Waals surface area (Å²) in [5, 5.41) is 27.6. The standard InChI is InChI=1S/C7H13NO5/c9-3-5(4-10)8-6(11)1-2-7(12)13/h5,9-10H,1-4H2,(H,8,11)(H,12,13). The van der Waals surface area contributed by atoms with Crippen LogP contribution in [0.25, 0.3) is 0 Å². The van der Waals surface area contributed by atoms with E-state index in [-0.39, 0.29) is 26.1 Å². The maximum atomic E-state index is 10.9. The highest BCUT2D eigenvalue weighted by molar-refractivity contribution is 5.80. The number of amides is 1. The molecule has 0 aliphatic heterocycles. The number of hydrogen-bond donors (Lipinski definition) is 4. The number of aliphatic hydroxyl groups excluding tert-OH is 2. The van der Waals surface area contributed by atoms with Crippen molar-refractivity contribution in [2.45, 2.75) is 18.9 Å². The van der Waals surface area contributed by atoms with Crippen LogP contribution in [0.15, 0.2) is 0 Å². The Kier molecular flexibility index (Phi) is 5.82. The highest BCUT2D eigenvalue weighted by atomic mass is 16.4. The van der Waals surface area contributed by atoms with Gasteiger partial charge in [0, 0.05) is 6.42 Å². The van der Waals surface area contributed by atoms with Crippen LogP contribution in [0.5, 0.6) is 0 Å². The average Bonchev–Trinajstić information content (AvgIpc) is 2.10. The molecule has 0 rings (SSSR count). The van der Waals surface area contributed by atoms with Crippen LogP contribution in [0, 0.1) is 0 Å². The van der Waals surface area contributed by atoms with Crippen molar-refractivity contribution < 1.29 is 24.9 Å². The second-order valence-corrected chi connectivity index (χ2v) is 2.52. The Bertz CT molecular complexity index is 178. The van der Waals surface area contributed by atoms with E-state index in [2.05, 4.69) is 5.32 Å². The molecule has 0 aliphatic rings. The van der Waals surface area contributed by atoms with Crippen molar-refractivity contribution in [1.82, 2.24) is 5.32 Å². The lowest BCUT2D eigenvalue weighted by Crippen LogP contribution is -2.40. The van der Waals surface area contributed by atoms with Gasteiger partial charge >= 0.3 is 5.97 Å². The lowest BCUT2D eigenvalue weighted by atomic mass is 10.2. The Morgan fingerprint density at radius 1 is 1.15 bits per heavy atom. The fraction of sp³-hybridized carbons (Fsp3) is 0.714. The molecule has 0 atom stereocenters. The predicted octanol–water partition coefficient (Wildman–Crippen LogP) is -1.68. The van der Waals surface area contributed by atoms with E-state index >= 15 is 0 Å². The van der Waals surface area contributed by atoms with Gasteiger partial charge in [0.15, 0.2) is 0 Å². The summed E-state index contributed by atoms with van der Waals surface area (Å²) in [6.45, 7) is -0.732. The number of aliphatic hydroxyl groups is 2. The molecule has 0 heterocycles. The molecule has 13 heavy (non-hydrogen) atoms. The van der Waals surface area contributed by atoms with Crippen molar-refractivity contribution in [2.75, 3.05) is 13.2 Å². The summed E-state index contributed by atoms with van der Waals surface area (Å²) in [4.78, 5) is 20.9. The van der Waals surface area contributed by atoms with Crippen molar-refractivity contribution in [3.05, 3.63) is 0 Å². The van der Waals surface area contributed by atoms with Crippen molar-refractivity contribution >= 4 is 11.9 Å². The normalized spacial score (nSPS) is 10.1. The summed E-state index contributed by atoms with van der Waals surface area (Å²) in [6.07, 6.45) is -0.402. The zero-order valence-electron chi connectivity index (χ0n) is 7.06. The predicted molar refractivity (Wildman–Crippen MR) is 43.0 cm³/mol. The van der Waals surface area contributed by atoms with E-state index < -0.39 is 17.9 Å². The number of carboxylic acids is 1. The zero-order chi connectivity index (χ0) is 10.3. The third-order valence-corrected chi connectivity index (χ3v) is 1.37. The summed E-state index contributed by atoms with van der Waals surface area (Å²) in [6, 6.07) is -0.707. The van der Waals surface area contributed by atoms with Gasteiger partial charge < -0.3 is 20.6 Å². The van der Waals surface area contributed by atoms with E-state index in [0.29, 0.717) is 0 Å². The molecule has 0 saturated heterocycles. The number of carbonyl (C=O) groups is 2. The van der Waals surface area contributed by atoms with Crippen LogP contribution in [-0.2, 0) is 9.59 Å². The molecular formula is C7H13NO5. The summed E-state index contributed by atoms with van der Waals surface area (Å²) in [5.74, 6) is -1.55. The van der Waals surface area contributed by atoms with Crippen LogP contribution in [0.2, 0.25) is 0 Å². The van der Waals surface area contributed by atoms with Gasteiger partial charge in [-0.05, 0) is 0 Å². The van der Waals surface area contributed by atoms with Crippen molar-refractivity contribution in [1.29, 1.82) is 0 Å². The van der Waals surface area contributed by atoms with Crippen LogP contribution >= 0.6 is 0 Å². The molecule has 6 nitrogen and oxygen atoms in total. The van der Waals surface area contributed by atoms with Crippen LogP contribution in [0.4, 0.5) is 0 Å². The van der Waals surface area contributed by atoms with E-state index in [9.17, 15) is 9.59 Å². The van der Waals surface area contributed by atoms with Crippen LogP contribution < -0.4 is 5.32 Å². The van der Waals surface area contributed by atoms with Crippen LogP contribution in [0.1, 0.15) is 12.8 Å². The first-order valence-electron chi connectivity index (χ1n) is 3.83. The molecule has 4 N–H and O–H groups in total. The molecule has 0 aliphatic carbocycles. The highest BCUT2D eigenvalue weighted by Crippen LogP contribution is 1.90. The quantitative estimate of drug-likeness (QED) is 0.401. The van der Waals surface area contributed by atoms with Gasteiger partial charge in [0.2, 0.25) is 5.91 Å². The minimum atomic E-state index is -1.06. The third-order valence-electron chi connectivity index (χ3n) is 1.37. The fourth-order valence-corrected chi connectivity index (χ4v) is 0.669. The van der Waals surface area contributed by atoms with E-state index in [1.54, 1.807) is 0 Å². The number of rotatable bonds is 6. The minimum Gasteiger partial charge on any atom is -0.481 e. The van der Waals surface area contributed by atoms with E-state index in [1.165, 1.54) is 0 Å². The Labute approximate surface area is 75.2 Å².